The Morgan fingerprint density at radius 1 is 0.583 bits per heavy atom. The Kier molecular flexibility index (Phi) is 30.0. The van der Waals surface area contributed by atoms with E-state index in [0.29, 0.717) is 12.8 Å². The lowest BCUT2D eigenvalue weighted by atomic mass is 9.84. The van der Waals surface area contributed by atoms with Crippen LogP contribution in [0, 0.1) is 17.8 Å². The summed E-state index contributed by atoms with van der Waals surface area (Å²) in [5.41, 5.74) is 33.1. The first-order valence-electron chi connectivity index (χ1n) is 24.3. The minimum absolute atomic E-state index is 0.0383. The molecule has 0 saturated heterocycles. The van der Waals surface area contributed by atoms with Gasteiger partial charge in [-0.1, -0.05) is 72.6 Å². The Morgan fingerprint density at radius 2 is 1.06 bits per heavy atom. The minimum atomic E-state index is -1.80. The van der Waals surface area contributed by atoms with Gasteiger partial charge in [0.1, 0.15) is 36.3 Å². The van der Waals surface area contributed by atoms with Gasteiger partial charge in [0.05, 0.1) is 25.6 Å². The van der Waals surface area contributed by atoms with E-state index in [-0.39, 0.29) is 68.8 Å². The van der Waals surface area contributed by atoms with E-state index >= 15 is 0 Å². The molecule has 0 unspecified atom stereocenters. The van der Waals surface area contributed by atoms with Crippen molar-refractivity contribution in [2.45, 2.75) is 153 Å². The van der Waals surface area contributed by atoms with Gasteiger partial charge in [0, 0.05) is 18.8 Å². The lowest BCUT2D eigenvalue weighted by Gasteiger charge is -2.29. The Morgan fingerprint density at radius 3 is 1.56 bits per heavy atom. The summed E-state index contributed by atoms with van der Waals surface area (Å²) < 4.78 is 0. The second kappa shape index (κ2) is 34.0. The highest BCUT2D eigenvalue weighted by Gasteiger charge is 2.36. The minimum Gasteiger partial charge on any atom is -0.481 e. The molecule has 0 aromatic heterocycles. The lowest BCUT2D eigenvalue weighted by Crippen LogP contribution is -2.60. The van der Waals surface area contributed by atoms with Crippen LogP contribution in [0.3, 0.4) is 0 Å². The first-order chi connectivity index (χ1) is 33.9. The summed E-state index contributed by atoms with van der Waals surface area (Å²) in [5.74, 6) is -10.2. The zero-order valence-corrected chi connectivity index (χ0v) is 42.7. The molecular weight excluding hydrogens is 961 g/mol. The van der Waals surface area contributed by atoms with Crippen LogP contribution >= 0.6 is 12.6 Å². The van der Waals surface area contributed by atoms with E-state index in [1.165, 1.54) is 0 Å². The number of carbonyl (C=O) groups is 10. The van der Waals surface area contributed by atoms with Gasteiger partial charge in [-0.25, -0.2) is 0 Å². The number of aliphatic carboxylic acids is 1. The maximum atomic E-state index is 14.0. The summed E-state index contributed by atoms with van der Waals surface area (Å²) in [6.07, 6.45) is 5.07. The number of guanidine groups is 2. The predicted octanol–water partition coefficient (Wildman–Crippen LogP) is -4.49. The molecule has 0 aromatic carbocycles. The van der Waals surface area contributed by atoms with Crippen molar-refractivity contribution in [3.63, 3.8) is 0 Å². The third-order valence-corrected chi connectivity index (χ3v) is 12.5. The normalized spacial score (nSPS) is 16.1. The number of carboxylic acids is 1. The van der Waals surface area contributed by atoms with E-state index < -0.39 is 133 Å². The van der Waals surface area contributed by atoms with Crippen LogP contribution in [0.1, 0.15) is 111 Å². The van der Waals surface area contributed by atoms with E-state index in [1.807, 2.05) is 0 Å². The van der Waals surface area contributed by atoms with Gasteiger partial charge in [-0.05, 0) is 49.9 Å². The molecule has 1 aliphatic carbocycles. The van der Waals surface area contributed by atoms with Gasteiger partial charge in [0.15, 0.2) is 11.9 Å². The number of nitrogens with one attached hydrogen (secondary N) is 8. The molecule has 0 spiro atoms. The Balaban J connectivity index is 3.25. The van der Waals surface area contributed by atoms with Gasteiger partial charge in [0.25, 0.3) is 0 Å². The maximum Gasteiger partial charge on any atom is 0.305 e. The highest BCUT2D eigenvalue weighted by atomic mass is 32.1. The van der Waals surface area contributed by atoms with Crippen LogP contribution in [-0.2, 0) is 47.9 Å². The number of nitrogens with zero attached hydrogens (tertiary/aromatic N) is 2. The number of hydrogen-bond donors (Lipinski definition) is 16. The van der Waals surface area contributed by atoms with Gasteiger partial charge in [-0.15, -0.1) is 0 Å². The van der Waals surface area contributed by atoms with Crippen LogP contribution in [0.25, 0.3) is 0 Å². The molecule has 9 amide bonds. The monoisotopic (exact) mass is 1040 g/mol. The summed E-state index contributed by atoms with van der Waals surface area (Å²) in [4.78, 5) is 139. The molecule has 0 aliphatic heterocycles. The lowest BCUT2D eigenvalue weighted by molar-refractivity contribution is -0.142. The number of aliphatic imine (C=N–C) groups is 2. The van der Waals surface area contributed by atoms with Crippen molar-refractivity contribution in [1.82, 2.24) is 42.5 Å². The van der Waals surface area contributed by atoms with Crippen molar-refractivity contribution in [3.05, 3.63) is 0 Å². The zero-order valence-electron chi connectivity index (χ0n) is 41.8. The third kappa shape index (κ3) is 25.1. The number of thiol groups is 1. The Labute approximate surface area is 425 Å². The van der Waals surface area contributed by atoms with Crippen LogP contribution < -0.4 is 76.9 Å². The first kappa shape index (κ1) is 63.6. The number of amides is 9. The molecule has 28 heteroatoms. The molecule has 1 rings (SSSR count). The average Bonchev–Trinajstić information content (AvgIpc) is 3.33. The molecule has 0 radical (unpaired) electrons. The number of carboxylic acid groups (broad SMARTS) is 1. The first-order valence-corrected chi connectivity index (χ1v) is 24.9. The molecule has 0 bridgehead atoms. The second-order valence-corrected chi connectivity index (χ2v) is 18.3. The van der Waals surface area contributed by atoms with E-state index in [1.54, 1.807) is 27.7 Å². The molecule has 0 heterocycles. The molecule has 408 valence electrons. The van der Waals surface area contributed by atoms with Crippen molar-refractivity contribution in [2.24, 2.45) is 62.1 Å². The Hall–Kier alpha value is -6.45. The fourth-order valence-corrected chi connectivity index (χ4v) is 7.69. The standard InChI is InChI=1S/C44H80N16O11S/c1-5-23(3)34(36(46)65)59-40(69)28(15-11-17-52-44(49)50)56-41(70)30(19-33(63)64)58-42(71)35(24(4)6-2)60-39(68)27(14-10-16-51-43(47)48)55-32(62)21-53-31(61)20-54-38(67)29(57-37(66)26(45)22-72)18-25-12-8-7-9-13-25/h23-30,34-35,72H,5-22,45H2,1-4H3,(H2,46,65)(H,53,61)(H,54,67)(H,55,62)(H,56,70)(H,57,66)(H,58,71)(H,59,69)(H,60,68)(H,63,64)(H4,47,48,51)(H4,49,50,52)/t23-,24-,26-,27-,28-,29-,30-,34-,35-/m0/s1. The molecule has 9 atom stereocenters. The van der Waals surface area contributed by atoms with Crippen LogP contribution in [0.2, 0.25) is 0 Å². The van der Waals surface area contributed by atoms with Gasteiger partial charge in [0.2, 0.25) is 53.2 Å². The fourth-order valence-electron chi connectivity index (χ4n) is 7.53. The smallest absolute Gasteiger partial charge is 0.305 e. The number of hydrogen-bond acceptors (Lipinski definition) is 14. The number of rotatable bonds is 34. The number of carbonyl (C=O) groups excluding carboxylic acids is 9. The van der Waals surface area contributed by atoms with E-state index in [2.05, 4.69) is 65.1 Å². The summed E-state index contributed by atoms with van der Waals surface area (Å²) in [6.45, 7) is 5.64. The van der Waals surface area contributed by atoms with Crippen LogP contribution in [0.4, 0.5) is 0 Å². The largest absolute Gasteiger partial charge is 0.481 e. The molecule has 0 aromatic rings. The van der Waals surface area contributed by atoms with Crippen molar-refractivity contribution < 1.29 is 53.1 Å². The molecule has 21 N–H and O–H groups in total. The Bertz CT molecular complexity index is 1900. The highest BCUT2D eigenvalue weighted by Crippen LogP contribution is 2.27. The van der Waals surface area contributed by atoms with Crippen LogP contribution in [0.15, 0.2) is 9.98 Å². The van der Waals surface area contributed by atoms with Crippen molar-refractivity contribution >= 4 is 83.7 Å². The van der Waals surface area contributed by atoms with E-state index in [4.69, 9.17) is 34.4 Å². The van der Waals surface area contributed by atoms with Gasteiger partial charge in [-0.2, -0.15) is 12.6 Å². The van der Waals surface area contributed by atoms with Crippen molar-refractivity contribution in [2.75, 3.05) is 31.9 Å². The SMILES string of the molecule is CC[C@H](C)[C@H](NC(=O)[C@H](CCCN=C(N)N)NC(=O)[C@H](CC(=O)O)NC(=O)[C@@H](NC(=O)[C@H](CCCN=C(N)N)NC(=O)CNC(=O)CNC(=O)[C@H](CC1CCCCC1)NC(=O)[C@@H](N)CS)[C@@H](C)CC)C(N)=O. The fraction of sp³-hybridized carbons (Fsp3) is 0.727. The van der Waals surface area contributed by atoms with Gasteiger partial charge in [-0.3, -0.25) is 57.9 Å². The summed E-state index contributed by atoms with van der Waals surface area (Å²) in [6, 6.07) is -8.99. The van der Waals surface area contributed by atoms with Crippen molar-refractivity contribution in [3.8, 4) is 0 Å². The summed E-state index contributed by atoms with van der Waals surface area (Å²) >= 11 is 4.05. The third-order valence-electron chi connectivity index (χ3n) is 12.1. The molecule has 27 nitrogen and oxygen atoms in total. The van der Waals surface area contributed by atoms with Crippen LogP contribution in [0.5, 0.6) is 0 Å². The second-order valence-electron chi connectivity index (χ2n) is 18.0. The topological polar surface area (TPSA) is 468 Å². The molecule has 1 saturated carbocycles. The predicted molar refractivity (Wildman–Crippen MR) is 271 cm³/mol. The van der Waals surface area contributed by atoms with Crippen LogP contribution in [-0.4, -0.2) is 150 Å². The quantitative estimate of drug-likeness (QED) is 0.0125. The van der Waals surface area contributed by atoms with Gasteiger partial charge < -0.3 is 82.0 Å². The maximum absolute atomic E-state index is 14.0. The average molecular weight is 1040 g/mol. The highest BCUT2D eigenvalue weighted by molar-refractivity contribution is 7.80. The van der Waals surface area contributed by atoms with E-state index in [0.717, 1.165) is 32.1 Å². The number of nitrogens with two attached hydrogens (primary N) is 6. The molecular formula is C44H80N16O11S. The summed E-state index contributed by atoms with van der Waals surface area (Å²) in [5, 5.41) is 29.7. The van der Waals surface area contributed by atoms with Crippen molar-refractivity contribution in [1.29, 1.82) is 0 Å². The molecule has 1 aliphatic rings. The molecule has 1 fully saturated rings. The van der Waals surface area contributed by atoms with E-state index in [9.17, 15) is 53.1 Å². The summed E-state index contributed by atoms with van der Waals surface area (Å²) in [7, 11) is 0. The zero-order chi connectivity index (χ0) is 54.5. The van der Waals surface area contributed by atoms with Gasteiger partial charge >= 0.3 is 5.97 Å². The number of primary amides is 1. The molecule has 72 heavy (non-hydrogen) atoms.